The molecule has 2 aliphatic rings. The van der Waals surface area contributed by atoms with Gasteiger partial charge in [0.1, 0.15) is 0 Å². The highest BCUT2D eigenvalue weighted by Crippen LogP contribution is 2.33. The van der Waals surface area contributed by atoms with Gasteiger partial charge < -0.3 is 10.2 Å². The van der Waals surface area contributed by atoms with E-state index in [1.165, 1.54) is 12.1 Å². The minimum Gasteiger partial charge on any atom is -0.364 e. The maximum absolute atomic E-state index is 6.18. The van der Waals surface area contributed by atoms with Crippen molar-refractivity contribution in [1.29, 1.82) is 0 Å². The SMILES string of the molecule is Clc1ccccc1N1C[C@@H]2C[C@H]1CN2. The molecule has 0 aliphatic carbocycles. The molecule has 3 rings (SSSR count). The van der Waals surface area contributed by atoms with Crippen molar-refractivity contribution in [2.24, 2.45) is 0 Å². The van der Waals surface area contributed by atoms with Crippen LogP contribution in [0.4, 0.5) is 5.69 Å². The zero-order valence-electron chi connectivity index (χ0n) is 7.91. The van der Waals surface area contributed by atoms with E-state index in [-0.39, 0.29) is 0 Å². The van der Waals surface area contributed by atoms with E-state index in [9.17, 15) is 0 Å². The number of piperazine rings is 1. The fourth-order valence-corrected chi connectivity index (χ4v) is 2.78. The van der Waals surface area contributed by atoms with Crippen molar-refractivity contribution in [2.75, 3.05) is 18.0 Å². The van der Waals surface area contributed by atoms with Crippen LogP contribution in [0.2, 0.25) is 5.02 Å². The quantitative estimate of drug-likeness (QED) is 0.759. The third-order valence-electron chi connectivity index (χ3n) is 3.22. The fraction of sp³-hybridized carbons (Fsp3) is 0.455. The molecule has 0 saturated carbocycles. The summed E-state index contributed by atoms with van der Waals surface area (Å²) in [5, 5.41) is 4.37. The second-order valence-corrected chi connectivity index (χ2v) is 4.51. The number of rotatable bonds is 1. The average molecular weight is 209 g/mol. The third-order valence-corrected chi connectivity index (χ3v) is 3.54. The van der Waals surface area contributed by atoms with Gasteiger partial charge in [0.05, 0.1) is 10.7 Å². The molecule has 0 radical (unpaired) electrons. The number of benzene rings is 1. The molecule has 1 aromatic carbocycles. The summed E-state index contributed by atoms with van der Waals surface area (Å²) in [6, 6.07) is 9.45. The summed E-state index contributed by atoms with van der Waals surface area (Å²) in [5.41, 5.74) is 1.20. The minimum absolute atomic E-state index is 0.653. The first-order valence-corrected chi connectivity index (χ1v) is 5.47. The zero-order chi connectivity index (χ0) is 9.54. The van der Waals surface area contributed by atoms with E-state index in [0.29, 0.717) is 12.1 Å². The van der Waals surface area contributed by atoms with Crippen LogP contribution in [-0.2, 0) is 0 Å². The Balaban J connectivity index is 1.93. The molecular weight excluding hydrogens is 196 g/mol. The van der Waals surface area contributed by atoms with Gasteiger partial charge in [-0.15, -0.1) is 0 Å². The molecule has 0 aromatic heterocycles. The van der Waals surface area contributed by atoms with Crippen LogP contribution in [-0.4, -0.2) is 25.2 Å². The highest BCUT2D eigenvalue weighted by Gasteiger charge is 2.37. The maximum Gasteiger partial charge on any atom is 0.0639 e. The number of anilines is 1. The van der Waals surface area contributed by atoms with E-state index >= 15 is 0 Å². The minimum atomic E-state index is 0.653. The summed E-state index contributed by atoms with van der Waals surface area (Å²) >= 11 is 6.18. The smallest absolute Gasteiger partial charge is 0.0639 e. The number of fused-ring (bicyclic) bond motifs is 2. The van der Waals surface area contributed by atoms with Crippen molar-refractivity contribution in [3.63, 3.8) is 0 Å². The van der Waals surface area contributed by atoms with Crippen molar-refractivity contribution in [3.8, 4) is 0 Å². The molecular formula is C11H13ClN2. The number of hydrogen-bond donors (Lipinski definition) is 1. The molecule has 1 N–H and O–H groups in total. The molecule has 0 amide bonds. The Morgan fingerprint density at radius 2 is 2.21 bits per heavy atom. The van der Waals surface area contributed by atoms with Gasteiger partial charge in [0.2, 0.25) is 0 Å². The van der Waals surface area contributed by atoms with Gasteiger partial charge in [0.25, 0.3) is 0 Å². The molecule has 2 heterocycles. The molecule has 2 fully saturated rings. The molecule has 2 nitrogen and oxygen atoms in total. The molecule has 3 heteroatoms. The summed E-state index contributed by atoms with van der Waals surface area (Å²) in [6.45, 7) is 2.21. The number of nitrogens with one attached hydrogen (secondary N) is 1. The van der Waals surface area contributed by atoms with Gasteiger partial charge in [-0.05, 0) is 18.6 Å². The van der Waals surface area contributed by atoms with E-state index < -0.39 is 0 Å². The van der Waals surface area contributed by atoms with Gasteiger partial charge in [-0.1, -0.05) is 23.7 Å². The van der Waals surface area contributed by atoms with Crippen molar-refractivity contribution in [3.05, 3.63) is 29.3 Å². The van der Waals surface area contributed by atoms with Gasteiger partial charge in [-0.3, -0.25) is 0 Å². The molecule has 1 aromatic rings. The normalized spacial score (nSPS) is 29.9. The highest BCUT2D eigenvalue weighted by molar-refractivity contribution is 6.33. The van der Waals surface area contributed by atoms with Crippen LogP contribution in [0.15, 0.2) is 24.3 Å². The lowest BCUT2D eigenvalue weighted by molar-refractivity contribution is 0.580. The van der Waals surface area contributed by atoms with Gasteiger partial charge in [0, 0.05) is 25.2 Å². The van der Waals surface area contributed by atoms with E-state index in [4.69, 9.17) is 11.6 Å². The van der Waals surface area contributed by atoms with E-state index in [1.807, 2.05) is 12.1 Å². The first kappa shape index (κ1) is 8.57. The average Bonchev–Trinajstić information content (AvgIpc) is 2.79. The molecule has 2 bridgehead atoms. The lowest BCUT2D eigenvalue weighted by Gasteiger charge is -2.30. The van der Waals surface area contributed by atoms with Crippen molar-refractivity contribution >= 4 is 17.3 Å². The van der Waals surface area contributed by atoms with E-state index in [0.717, 1.165) is 18.1 Å². The zero-order valence-corrected chi connectivity index (χ0v) is 8.67. The molecule has 74 valence electrons. The lowest BCUT2D eigenvalue weighted by Crippen LogP contribution is -2.43. The van der Waals surface area contributed by atoms with Gasteiger partial charge in [-0.2, -0.15) is 0 Å². The number of halogens is 1. The van der Waals surface area contributed by atoms with Crippen molar-refractivity contribution in [2.45, 2.75) is 18.5 Å². The standard InChI is InChI=1S/C11H13ClN2/c12-10-3-1-2-4-11(10)14-7-8-5-9(14)6-13-8/h1-4,8-9,13H,5-7H2/t8-,9-/m0/s1. The largest absolute Gasteiger partial charge is 0.364 e. The molecule has 2 atom stereocenters. The van der Waals surface area contributed by atoms with Crippen LogP contribution < -0.4 is 10.2 Å². The van der Waals surface area contributed by atoms with Crippen LogP contribution in [0.1, 0.15) is 6.42 Å². The van der Waals surface area contributed by atoms with Crippen LogP contribution in [0.5, 0.6) is 0 Å². The second-order valence-electron chi connectivity index (χ2n) is 4.10. The van der Waals surface area contributed by atoms with E-state index in [2.05, 4.69) is 22.3 Å². The third kappa shape index (κ3) is 1.22. The summed E-state index contributed by atoms with van der Waals surface area (Å²) in [4.78, 5) is 2.43. The van der Waals surface area contributed by atoms with Gasteiger partial charge in [0.15, 0.2) is 0 Å². The first-order chi connectivity index (χ1) is 6.84. The van der Waals surface area contributed by atoms with Gasteiger partial charge >= 0.3 is 0 Å². The molecule has 0 spiro atoms. The predicted octanol–water partition coefficient (Wildman–Crippen LogP) is 1.89. The maximum atomic E-state index is 6.18. The topological polar surface area (TPSA) is 15.3 Å². The summed E-state index contributed by atoms with van der Waals surface area (Å²) in [7, 11) is 0. The van der Waals surface area contributed by atoms with Crippen LogP contribution >= 0.6 is 11.6 Å². The van der Waals surface area contributed by atoms with Crippen LogP contribution in [0.3, 0.4) is 0 Å². The van der Waals surface area contributed by atoms with Gasteiger partial charge in [-0.25, -0.2) is 0 Å². The Labute approximate surface area is 88.9 Å². The Morgan fingerprint density at radius 3 is 2.86 bits per heavy atom. The van der Waals surface area contributed by atoms with Crippen molar-refractivity contribution in [1.82, 2.24) is 5.32 Å². The van der Waals surface area contributed by atoms with Crippen LogP contribution in [0, 0.1) is 0 Å². The molecule has 14 heavy (non-hydrogen) atoms. The Morgan fingerprint density at radius 1 is 1.36 bits per heavy atom. The molecule has 2 saturated heterocycles. The highest BCUT2D eigenvalue weighted by atomic mass is 35.5. The first-order valence-electron chi connectivity index (χ1n) is 5.09. The Bertz CT molecular complexity index is 353. The monoisotopic (exact) mass is 208 g/mol. The molecule has 0 unspecified atom stereocenters. The Hall–Kier alpha value is -0.730. The summed E-state index contributed by atoms with van der Waals surface area (Å²) in [6.07, 6.45) is 1.27. The fourth-order valence-electron chi connectivity index (χ4n) is 2.54. The van der Waals surface area contributed by atoms with Crippen LogP contribution in [0.25, 0.3) is 0 Å². The predicted molar refractivity (Wildman–Crippen MR) is 59.0 cm³/mol. The summed E-state index contributed by atoms with van der Waals surface area (Å²) in [5.74, 6) is 0. The summed E-state index contributed by atoms with van der Waals surface area (Å²) < 4.78 is 0. The van der Waals surface area contributed by atoms with Crippen molar-refractivity contribution < 1.29 is 0 Å². The number of hydrogen-bond acceptors (Lipinski definition) is 2. The van der Waals surface area contributed by atoms with E-state index in [1.54, 1.807) is 0 Å². The second kappa shape index (κ2) is 3.14. The molecule has 2 aliphatic heterocycles. The lowest BCUT2D eigenvalue weighted by atomic mass is 10.2. The number of para-hydroxylation sites is 1. The number of nitrogens with zero attached hydrogens (tertiary/aromatic N) is 1. The Kier molecular flexibility index (Phi) is 1.92.